The molecular formula is C18H27N3O. The third-order valence-electron chi connectivity index (χ3n) is 5.07. The highest BCUT2D eigenvalue weighted by Gasteiger charge is 2.34. The number of carbonyl (C=O) groups excluding carboxylic acids is 1. The van der Waals surface area contributed by atoms with E-state index in [1.165, 1.54) is 38.6 Å². The number of hydrogen-bond donors (Lipinski definition) is 2. The summed E-state index contributed by atoms with van der Waals surface area (Å²) in [7, 11) is 3.57. The Bertz CT molecular complexity index is 506. The summed E-state index contributed by atoms with van der Waals surface area (Å²) in [4.78, 5) is 13.5. The Balaban J connectivity index is 1.63. The van der Waals surface area contributed by atoms with Gasteiger partial charge in [-0.2, -0.15) is 0 Å². The van der Waals surface area contributed by atoms with Crippen LogP contribution in [0.2, 0.25) is 0 Å². The van der Waals surface area contributed by atoms with Crippen molar-refractivity contribution in [3.8, 4) is 0 Å². The van der Waals surface area contributed by atoms with E-state index in [1.54, 1.807) is 19.0 Å². The van der Waals surface area contributed by atoms with Gasteiger partial charge in [-0.15, -0.1) is 0 Å². The lowest BCUT2D eigenvalue weighted by atomic mass is 9.93. The van der Waals surface area contributed by atoms with Crippen LogP contribution in [0.5, 0.6) is 0 Å². The van der Waals surface area contributed by atoms with E-state index in [-0.39, 0.29) is 5.91 Å². The first-order valence-electron chi connectivity index (χ1n) is 8.47. The van der Waals surface area contributed by atoms with E-state index in [4.69, 9.17) is 0 Å². The molecule has 0 aromatic heterocycles. The number of anilines is 1. The van der Waals surface area contributed by atoms with Crippen molar-refractivity contribution in [1.82, 2.24) is 10.2 Å². The minimum atomic E-state index is 0.0560. The van der Waals surface area contributed by atoms with Crippen LogP contribution in [0.3, 0.4) is 0 Å². The zero-order valence-electron chi connectivity index (χ0n) is 13.6. The molecule has 1 saturated carbocycles. The van der Waals surface area contributed by atoms with Crippen LogP contribution in [0.15, 0.2) is 24.3 Å². The van der Waals surface area contributed by atoms with Gasteiger partial charge in [0.1, 0.15) is 0 Å². The third-order valence-corrected chi connectivity index (χ3v) is 5.07. The molecule has 3 rings (SSSR count). The first-order valence-corrected chi connectivity index (χ1v) is 8.47. The highest BCUT2D eigenvalue weighted by Crippen LogP contribution is 2.33. The quantitative estimate of drug-likeness (QED) is 0.899. The molecule has 1 amide bonds. The highest BCUT2D eigenvalue weighted by atomic mass is 16.2. The molecule has 0 bridgehead atoms. The van der Waals surface area contributed by atoms with Crippen LogP contribution in [0, 0.1) is 5.92 Å². The van der Waals surface area contributed by atoms with Crippen LogP contribution in [-0.2, 0) is 0 Å². The average molecular weight is 301 g/mol. The molecule has 1 aliphatic carbocycles. The molecule has 0 radical (unpaired) electrons. The van der Waals surface area contributed by atoms with Gasteiger partial charge in [0, 0.05) is 37.4 Å². The normalized spacial score (nSPS) is 27.8. The van der Waals surface area contributed by atoms with E-state index in [2.05, 4.69) is 10.6 Å². The SMILES string of the molecule is CN(C)C(=O)c1ccc(NC2CCCC2C2CCCN2)cc1. The molecule has 4 heteroatoms. The number of rotatable bonds is 4. The molecule has 1 heterocycles. The number of benzene rings is 1. The lowest BCUT2D eigenvalue weighted by Crippen LogP contribution is -2.38. The number of nitrogens with zero attached hydrogens (tertiary/aromatic N) is 1. The summed E-state index contributed by atoms with van der Waals surface area (Å²) in [5.41, 5.74) is 1.88. The number of amides is 1. The predicted molar refractivity (Wildman–Crippen MR) is 90.2 cm³/mol. The van der Waals surface area contributed by atoms with Crippen molar-refractivity contribution in [2.24, 2.45) is 5.92 Å². The fraction of sp³-hybridized carbons (Fsp3) is 0.611. The van der Waals surface area contributed by atoms with Crippen LogP contribution in [0.1, 0.15) is 42.5 Å². The van der Waals surface area contributed by atoms with Crippen molar-refractivity contribution >= 4 is 11.6 Å². The Morgan fingerprint density at radius 1 is 1.14 bits per heavy atom. The summed E-state index contributed by atoms with van der Waals surface area (Å²) in [6, 6.07) is 9.16. The molecule has 0 spiro atoms. The van der Waals surface area contributed by atoms with Gasteiger partial charge in [0.25, 0.3) is 5.91 Å². The van der Waals surface area contributed by atoms with Gasteiger partial charge in [-0.1, -0.05) is 6.42 Å². The van der Waals surface area contributed by atoms with Gasteiger partial charge in [-0.25, -0.2) is 0 Å². The Labute approximate surface area is 133 Å². The second-order valence-electron chi connectivity index (χ2n) is 6.83. The Morgan fingerprint density at radius 3 is 2.55 bits per heavy atom. The van der Waals surface area contributed by atoms with Gasteiger partial charge >= 0.3 is 0 Å². The van der Waals surface area contributed by atoms with Crippen LogP contribution in [-0.4, -0.2) is 43.5 Å². The van der Waals surface area contributed by atoms with Crippen molar-refractivity contribution in [1.29, 1.82) is 0 Å². The topological polar surface area (TPSA) is 44.4 Å². The maximum absolute atomic E-state index is 11.9. The Hall–Kier alpha value is -1.55. The molecule has 3 atom stereocenters. The minimum Gasteiger partial charge on any atom is -0.382 e. The summed E-state index contributed by atoms with van der Waals surface area (Å²) >= 11 is 0. The van der Waals surface area contributed by atoms with E-state index in [9.17, 15) is 4.79 Å². The van der Waals surface area contributed by atoms with Gasteiger partial charge < -0.3 is 15.5 Å². The van der Waals surface area contributed by atoms with Gasteiger partial charge in [0.05, 0.1) is 0 Å². The summed E-state index contributed by atoms with van der Waals surface area (Å²) < 4.78 is 0. The van der Waals surface area contributed by atoms with E-state index in [0.29, 0.717) is 12.1 Å². The van der Waals surface area contributed by atoms with Gasteiger partial charge in [-0.05, 0) is 62.4 Å². The van der Waals surface area contributed by atoms with E-state index < -0.39 is 0 Å². The second-order valence-corrected chi connectivity index (χ2v) is 6.83. The Morgan fingerprint density at radius 2 is 1.91 bits per heavy atom. The maximum atomic E-state index is 11.9. The predicted octanol–water partition coefficient (Wildman–Crippen LogP) is 2.72. The summed E-state index contributed by atoms with van der Waals surface area (Å²) in [6.07, 6.45) is 6.53. The summed E-state index contributed by atoms with van der Waals surface area (Å²) in [5.74, 6) is 0.797. The maximum Gasteiger partial charge on any atom is 0.253 e. The fourth-order valence-corrected chi connectivity index (χ4v) is 3.91. The average Bonchev–Trinajstić information content (AvgIpc) is 3.18. The highest BCUT2D eigenvalue weighted by molar-refractivity contribution is 5.94. The molecule has 3 unspecified atom stereocenters. The van der Waals surface area contributed by atoms with E-state index in [1.807, 2.05) is 24.3 Å². The lowest BCUT2D eigenvalue weighted by Gasteiger charge is -2.27. The van der Waals surface area contributed by atoms with Crippen molar-refractivity contribution in [3.63, 3.8) is 0 Å². The Kier molecular flexibility index (Phi) is 4.67. The first-order chi connectivity index (χ1) is 10.6. The molecule has 1 aromatic carbocycles. The third kappa shape index (κ3) is 3.27. The molecule has 2 aliphatic rings. The van der Waals surface area contributed by atoms with Crippen molar-refractivity contribution in [2.45, 2.75) is 44.2 Å². The van der Waals surface area contributed by atoms with Gasteiger partial charge in [0.15, 0.2) is 0 Å². The smallest absolute Gasteiger partial charge is 0.253 e. The number of hydrogen-bond acceptors (Lipinski definition) is 3. The molecule has 1 aliphatic heterocycles. The molecule has 1 aromatic rings. The fourth-order valence-electron chi connectivity index (χ4n) is 3.91. The monoisotopic (exact) mass is 301 g/mol. The molecular weight excluding hydrogens is 274 g/mol. The molecule has 120 valence electrons. The lowest BCUT2D eigenvalue weighted by molar-refractivity contribution is 0.0827. The molecule has 2 fully saturated rings. The number of nitrogens with one attached hydrogen (secondary N) is 2. The van der Waals surface area contributed by atoms with Gasteiger partial charge in [-0.3, -0.25) is 4.79 Å². The van der Waals surface area contributed by atoms with Gasteiger partial charge in [0.2, 0.25) is 0 Å². The standard InChI is InChI=1S/C18H27N3O/c1-21(2)18(22)13-8-10-14(11-9-13)20-17-6-3-5-15(17)16-7-4-12-19-16/h8-11,15-17,19-20H,3-7,12H2,1-2H3. The molecule has 4 nitrogen and oxygen atoms in total. The first kappa shape index (κ1) is 15.3. The van der Waals surface area contributed by atoms with Crippen molar-refractivity contribution < 1.29 is 4.79 Å². The number of carbonyl (C=O) groups is 1. The largest absolute Gasteiger partial charge is 0.382 e. The van der Waals surface area contributed by atoms with Crippen LogP contribution >= 0.6 is 0 Å². The van der Waals surface area contributed by atoms with Crippen LogP contribution in [0.25, 0.3) is 0 Å². The second kappa shape index (κ2) is 6.69. The van der Waals surface area contributed by atoms with Crippen LogP contribution < -0.4 is 10.6 Å². The molecule has 1 saturated heterocycles. The van der Waals surface area contributed by atoms with Crippen molar-refractivity contribution in [2.75, 3.05) is 26.0 Å². The van der Waals surface area contributed by atoms with E-state index in [0.717, 1.165) is 17.2 Å². The molecule has 22 heavy (non-hydrogen) atoms. The van der Waals surface area contributed by atoms with Crippen molar-refractivity contribution in [3.05, 3.63) is 29.8 Å². The zero-order chi connectivity index (χ0) is 15.5. The summed E-state index contributed by atoms with van der Waals surface area (Å²) in [5, 5.41) is 7.36. The minimum absolute atomic E-state index is 0.0560. The van der Waals surface area contributed by atoms with Crippen LogP contribution in [0.4, 0.5) is 5.69 Å². The van der Waals surface area contributed by atoms with E-state index >= 15 is 0 Å². The summed E-state index contributed by atoms with van der Waals surface area (Å²) in [6.45, 7) is 1.18. The zero-order valence-corrected chi connectivity index (χ0v) is 13.6. The molecule has 2 N–H and O–H groups in total.